The Kier molecular flexibility index (Phi) is 4.29. The van der Waals surface area contributed by atoms with E-state index in [4.69, 9.17) is 16.3 Å². The van der Waals surface area contributed by atoms with Gasteiger partial charge in [0.25, 0.3) is 0 Å². The molecule has 2 heterocycles. The molecule has 1 aliphatic heterocycles. The molecule has 0 spiro atoms. The molecule has 1 aliphatic rings. The minimum atomic E-state index is 0.186. The van der Waals surface area contributed by atoms with Crippen LogP contribution in [0.5, 0.6) is 0 Å². The van der Waals surface area contributed by atoms with Gasteiger partial charge in [-0.2, -0.15) is 0 Å². The van der Waals surface area contributed by atoms with Crippen molar-refractivity contribution < 1.29 is 4.74 Å². The molecular formula is C16H20ClN3O. The van der Waals surface area contributed by atoms with Crippen LogP contribution in [0.25, 0.3) is 10.9 Å². The van der Waals surface area contributed by atoms with Gasteiger partial charge in [0.2, 0.25) is 0 Å². The summed E-state index contributed by atoms with van der Waals surface area (Å²) in [7, 11) is 2.13. The quantitative estimate of drug-likeness (QED) is 0.946. The Bertz CT molecular complexity index is 634. The zero-order valence-electron chi connectivity index (χ0n) is 12.3. The molecule has 112 valence electrons. The molecule has 0 amide bonds. The first kappa shape index (κ1) is 14.6. The number of nitrogens with zero attached hydrogens (tertiary/aromatic N) is 2. The van der Waals surface area contributed by atoms with E-state index < -0.39 is 0 Å². The Balaban J connectivity index is 1.82. The fourth-order valence-electron chi connectivity index (χ4n) is 2.70. The van der Waals surface area contributed by atoms with E-state index in [0.29, 0.717) is 0 Å². The molecule has 1 saturated heterocycles. The minimum absolute atomic E-state index is 0.186. The van der Waals surface area contributed by atoms with Crippen molar-refractivity contribution in [3.05, 3.63) is 35.5 Å². The molecule has 5 heteroatoms. The van der Waals surface area contributed by atoms with Gasteiger partial charge in [-0.25, -0.2) is 0 Å². The maximum atomic E-state index is 6.11. The van der Waals surface area contributed by atoms with Crippen LogP contribution in [0.2, 0.25) is 5.02 Å². The van der Waals surface area contributed by atoms with E-state index in [1.807, 2.05) is 30.5 Å². The number of rotatable bonds is 3. The molecule has 1 fully saturated rings. The van der Waals surface area contributed by atoms with Crippen LogP contribution in [0.4, 0.5) is 5.69 Å². The maximum Gasteiger partial charge on any atom is 0.0900 e. The first-order chi connectivity index (χ1) is 10.1. The number of aromatic nitrogens is 1. The first-order valence-electron chi connectivity index (χ1n) is 7.24. The molecule has 3 rings (SSSR count). The molecule has 2 aromatic rings. The number of halogens is 1. The van der Waals surface area contributed by atoms with E-state index in [2.05, 4.69) is 29.2 Å². The number of fused-ring (bicyclic) bond motifs is 1. The lowest BCUT2D eigenvalue weighted by molar-refractivity contribution is -0.0259. The molecule has 2 unspecified atom stereocenters. The van der Waals surface area contributed by atoms with Crippen LogP contribution < -0.4 is 5.32 Å². The highest BCUT2D eigenvalue weighted by Crippen LogP contribution is 2.26. The lowest BCUT2D eigenvalue weighted by Gasteiger charge is -2.34. The van der Waals surface area contributed by atoms with Crippen molar-refractivity contribution in [2.24, 2.45) is 0 Å². The van der Waals surface area contributed by atoms with Crippen molar-refractivity contribution >= 4 is 28.2 Å². The SMILES string of the molecule is CC(Nc1ccnc2ccc(Cl)cc12)C1CN(C)CCO1. The molecule has 0 saturated carbocycles. The molecule has 1 aromatic carbocycles. The van der Waals surface area contributed by atoms with Crippen molar-refractivity contribution in [3.63, 3.8) is 0 Å². The third-order valence-corrected chi connectivity index (χ3v) is 4.18. The second kappa shape index (κ2) is 6.18. The van der Waals surface area contributed by atoms with Crippen LogP contribution in [0.15, 0.2) is 30.5 Å². The van der Waals surface area contributed by atoms with Crippen LogP contribution in [-0.4, -0.2) is 48.8 Å². The number of nitrogens with one attached hydrogen (secondary N) is 1. The Morgan fingerprint density at radius 3 is 3.10 bits per heavy atom. The number of pyridine rings is 1. The summed E-state index contributed by atoms with van der Waals surface area (Å²) in [4.78, 5) is 6.68. The minimum Gasteiger partial charge on any atom is -0.379 e. The Hall–Kier alpha value is -1.36. The standard InChI is InChI=1S/C16H20ClN3O/c1-11(16-10-20(2)7-8-21-16)19-15-5-6-18-14-4-3-12(17)9-13(14)15/h3-6,9,11,16H,7-8,10H2,1-2H3,(H,18,19). The molecule has 0 aliphatic carbocycles. The van der Waals surface area contributed by atoms with Crippen LogP contribution in [-0.2, 0) is 4.74 Å². The highest BCUT2D eigenvalue weighted by Gasteiger charge is 2.23. The zero-order valence-corrected chi connectivity index (χ0v) is 13.1. The summed E-state index contributed by atoms with van der Waals surface area (Å²) >= 11 is 6.11. The van der Waals surface area contributed by atoms with E-state index >= 15 is 0 Å². The second-order valence-electron chi connectivity index (χ2n) is 5.62. The van der Waals surface area contributed by atoms with Crippen LogP contribution in [0.3, 0.4) is 0 Å². The van der Waals surface area contributed by atoms with Gasteiger partial charge >= 0.3 is 0 Å². The second-order valence-corrected chi connectivity index (χ2v) is 6.06. The van der Waals surface area contributed by atoms with Crippen molar-refractivity contribution in [2.75, 3.05) is 32.1 Å². The monoisotopic (exact) mass is 305 g/mol. The van der Waals surface area contributed by atoms with Crippen LogP contribution >= 0.6 is 11.6 Å². The van der Waals surface area contributed by atoms with E-state index in [1.54, 1.807) is 0 Å². The summed E-state index contributed by atoms with van der Waals surface area (Å²) in [5.41, 5.74) is 1.99. The van der Waals surface area contributed by atoms with Crippen molar-refractivity contribution in [1.82, 2.24) is 9.88 Å². The Labute approximate surface area is 130 Å². The molecule has 2 atom stereocenters. The number of benzene rings is 1. The Morgan fingerprint density at radius 2 is 2.29 bits per heavy atom. The van der Waals surface area contributed by atoms with Crippen LogP contribution in [0, 0.1) is 0 Å². The van der Waals surface area contributed by atoms with E-state index in [1.165, 1.54) is 0 Å². The Morgan fingerprint density at radius 1 is 1.43 bits per heavy atom. The lowest BCUT2D eigenvalue weighted by atomic mass is 10.1. The molecular weight excluding hydrogens is 286 g/mol. The van der Waals surface area contributed by atoms with E-state index in [0.717, 1.165) is 41.3 Å². The zero-order chi connectivity index (χ0) is 14.8. The summed E-state index contributed by atoms with van der Waals surface area (Å²) in [5.74, 6) is 0. The smallest absolute Gasteiger partial charge is 0.0900 e. The van der Waals surface area contributed by atoms with Gasteiger partial charge in [-0.05, 0) is 38.2 Å². The summed E-state index contributed by atoms with van der Waals surface area (Å²) in [6.07, 6.45) is 2.00. The van der Waals surface area contributed by atoms with E-state index in [-0.39, 0.29) is 12.1 Å². The average molecular weight is 306 g/mol. The molecule has 21 heavy (non-hydrogen) atoms. The molecule has 0 radical (unpaired) electrons. The summed E-state index contributed by atoms with van der Waals surface area (Å²) < 4.78 is 5.87. The van der Waals surface area contributed by atoms with Gasteiger partial charge in [0.15, 0.2) is 0 Å². The van der Waals surface area contributed by atoms with Gasteiger partial charge in [-0.1, -0.05) is 11.6 Å². The van der Waals surface area contributed by atoms with Crippen molar-refractivity contribution in [1.29, 1.82) is 0 Å². The van der Waals surface area contributed by atoms with Gasteiger partial charge in [0, 0.05) is 35.4 Å². The fraction of sp³-hybridized carbons (Fsp3) is 0.438. The van der Waals surface area contributed by atoms with Gasteiger partial charge in [0.05, 0.1) is 24.3 Å². The van der Waals surface area contributed by atoms with Gasteiger partial charge in [-0.15, -0.1) is 0 Å². The largest absolute Gasteiger partial charge is 0.379 e. The van der Waals surface area contributed by atoms with Gasteiger partial charge in [0.1, 0.15) is 0 Å². The van der Waals surface area contributed by atoms with Crippen LogP contribution in [0.1, 0.15) is 6.92 Å². The number of hydrogen-bond acceptors (Lipinski definition) is 4. The highest BCUT2D eigenvalue weighted by atomic mass is 35.5. The third-order valence-electron chi connectivity index (χ3n) is 3.94. The normalized spacial score (nSPS) is 21.4. The molecule has 4 nitrogen and oxygen atoms in total. The molecule has 1 aromatic heterocycles. The highest BCUT2D eigenvalue weighted by molar-refractivity contribution is 6.31. The summed E-state index contributed by atoms with van der Waals surface area (Å²) in [6, 6.07) is 7.97. The number of anilines is 1. The van der Waals surface area contributed by atoms with Gasteiger partial charge < -0.3 is 15.0 Å². The number of morpholine rings is 1. The summed E-state index contributed by atoms with van der Waals surface area (Å²) in [5, 5.41) is 5.32. The number of likely N-dealkylation sites (N-methyl/N-ethyl adjacent to an activating group) is 1. The van der Waals surface area contributed by atoms with Crippen molar-refractivity contribution in [2.45, 2.75) is 19.1 Å². The molecule has 0 bridgehead atoms. The number of hydrogen-bond donors (Lipinski definition) is 1. The fourth-order valence-corrected chi connectivity index (χ4v) is 2.87. The predicted molar refractivity (Wildman–Crippen MR) is 87.1 cm³/mol. The topological polar surface area (TPSA) is 37.4 Å². The first-order valence-corrected chi connectivity index (χ1v) is 7.62. The number of ether oxygens (including phenoxy) is 1. The van der Waals surface area contributed by atoms with E-state index in [9.17, 15) is 0 Å². The summed E-state index contributed by atoms with van der Waals surface area (Å²) in [6.45, 7) is 4.88. The third kappa shape index (κ3) is 3.28. The maximum absolute atomic E-state index is 6.11. The predicted octanol–water partition coefficient (Wildman–Crippen LogP) is 3.02. The average Bonchev–Trinajstić information content (AvgIpc) is 2.48. The molecule has 1 N–H and O–H groups in total. The van der Waals surface area contributed by atoms with Crippen molar-refractivity contribution in [3.8, 4) is 0 Å². The lowest BCUT2D eigenvalue weighted by Crippen LogP contribution is -2.47. The van der Waals surface area contributed by atoms with Gasteiger partial charge in [-0.3, -0.25) is 4.98 Å².